The molecule has 2 aromatic rings. The number of hydrogen-bond acceptors (Lipinski definition) is 1. The SMILES string of the molecule is Cc1ccc(-c2cccs2)n1C(C)C. The molecule has 0 aliphatic rings. The van der Waals surface area contributed by atoms with Crippen LogP contribution in [0.4, 0.5) is 0 Å². The van der Waals surface area contributed by atoms with Crippen LogP contribution in [0.25, 0.3) is 10.6 Å². The molecule has 0 aromatic carbocycles. The Morgan fingerprint density at radius 1 is 1.21 bits per heavy atom. The van der Waals surface area contributed by atoms with Crippen molar-refractivity contribution in [1.82, 2.24) is 4.57 Å². The maximum atomic E-state index is 2.38. The Hall–Kier alpha value is -1.02. The zero-order valence-corrected chi connectivity index (χ0v) is 9.64. The molecule has 0 atom stereocenters. The molecule has 2 heterocycles. The van der Waals surface area contributed by atoms with Crippen LogP contribution < -0.4 is 0 Å². The number of thiophene rings is 1. The van der Waals surface area contributed by atoms with E-state index in [-0.39, 0.29) is 0 Å². The summed E-state index contributed by atoms with van der Waals surface area (Å²) < 4.78 is 2.38. The van der Waals surface area contributed by atoms with Gasteiger partial charge in [-0.1, -0.05) is 6.07 Å². The lowest BCUT2D eigenvalue weighted by Crippen LogP contribution is -2.03. The minimum absolute atomic E-state index is 0.530. The first kappa shape index (κ1) is 9.53. The Labute approximate surface area is 89.0 Å². The number of nitrogens with zero attached hydrogens (tertiary/aromatic N) is 1. The normalized spacial score (nSPS) is 11.1. The molecule has 14 heavy (non-hydrogen) atoms. The van der Waals surface area contributed by atoms with Crippen molar-refractivity contribution < 1.29 is 0 Å². The first-order chi connectivity index (χ1) is 6.70. The third kappa shape index (κ3) is 1.50. The first-order valence-corrected chi connectivity index (χ1v) is 5.80. The minimum Gasteiger partial charge on any atom is -0.342 e. The number of hydrogen-bond donors (Lipinski definition) is 0. The van der Waals surface area contributed by atoms with E-state index in [0.717, 1.165) is 0 Å². The summed E-state index contributed by atoms with van der Waals surface area (Å²) in [4.78, 5) is 1.35. The predicted molar refractivity (Wildman–Crippen MR) is 62.9 cm³/mol. The quantitative estimate of drug-likeness (QED) is 0.695. The van der Waals surface area contributed by atoms with Crippen molar-refractivity contribution in [1.29, 1.82) is 0 Å². The molecule has 0 radical (unpaired) electrons. The van der Waals surface area contributed by atoms with Gasteiger partial charge in [0.1, 0.15) is 0 Å². The van der Waals surface area contributed by atoms with Crippen LogP contribution in [0.5, 0.6) is 0 Å². The fourth-order valence-corrected chi connectivity index (χ4v) is 2.61. The molecule has 0 aliphatic heterocycles. The molecule has 0 bridgehead atoms. The zero-order valence-electron chi connectivity index (χ0n) is 8.82. The highest BCUT2D eigenvalue weighted by Gasteiger charge is 2.10. The van der Waals surface area contributed by atoms with E-state index >= 15 is 0 Å². The zero-order chi connectivity index (χ0) is 10.1. The van der Waals surface area contributed by atoms with Crippen LogP contribution in [0.2, 0.25) is 0 Å². The molecule has 0 unspecified atom stereocenters. The molecule has 0 fully saturated rings. The molecule has 0 aliphatic carbocycles. The van der Waals surface area contributed by atoms with E-state index in [1.807, 2.05) is 0 Å². The average Bonchev–Trinajstić information content (AvgIpc) is 2.70. The summed E-state index contributed by atoms with van der Waals surface area (Å²) in [6, 6.07) is 9.21. The molecule has 0 spiro atoms. The summed E-state index contributed by atoms with van der Waals surface area (Å²) in [6.07, 6.45) is 0. The molecule has 2 rings (SSSR count). The lowest BCUT2D eigenvalue weighted by molar-refractivity contribution is 0.595. The van der Waals surface area contributed by atoms with Gasteiger partial charge in [0.15, 0.2) is 0 Å². The fraction of sp³-hybridized carbons (Fsp3) is 0.333. The van der Waals surface area contributed by atoms with E-state index in [1.54, 1.807) is 11.3 Å². The largest absolute Gasteiger partial charge is 0.342 e. The maximum absolute atomic E-state index is 2.38. The average molecular weight is 205 g/mol. The Bertz CT molecular complexity index is 409. The van der Waals surface area contributed by atoms with Gasteiger partial charge in [0, 0.05) is 11.7 Å². The molecule has 0 N–H and O–H groups in total. The second kappa shape index (κ2) is 3.62. The summed E-state index contributed by atoms with van der Waals surface area (Å²) in [5, 5.41) is 2.13. The summed E-state index contributed by atoms with van der Waals surface area (Å²) in [5.74, 6) is 0. The van der Waals surface area contributed by atoms with Crippen LogP contribution in [-0.2, 0) is 0 Å². The number of aryl methyl sites for hydroxylation is 1. The third-order valence-electron chi connectivity index (χ3n) is 2.41. The number of rotatable bonds is 2. The van der Waals surface area contributed by atoms with Gasteiger partial charge in [-0.2, -0.15) is 0 Å². The Kier molecular flexibility index (Phi) is 2.46. The van der Waals surface area contributed by atoms with Crippen LogP contribution in [0, 0.1) is 6.92 Å². The van der Waals surface area contributed by atoms with Crippen LogP contribution in [-0.4, -0.2) is 4.57 Å². The fourth-order valence-electron chi connectivity index (χ4n) is 1.86. The first-order valence-electron chi connectivity index (χ1n) is 4.92. The van der Waals surface area contributed by atoms with Crippen molar-refractivity contribution in [3.8, 4) is 10.6 Å². The van der Waals surface area contributed by atoms with Crippen LogP contribution in [0.3, 0.4) is 0 Å². The Morgan fingerprint density at radius 3 is 2.57 bits per heavy atom. The van der Waals surface area contributed by atoms with Crippen molar-refractivity contribution in [2.24, 2.45) is 0 Å². The molecular formula is C12H15NS. The molecule has 2 aromatic heterocycles. The van der Waals surface area contributed by atoms with Gasteiger partial charge < -0.3 is 4.57 Å². The van der Waals surface area contributed by atoms with E-state index in [9.17, 15) is 0 Å². The lowest BCUT2D eigenvalue weighted by atomic mass is 10.3. The second-order valence-electron chi connectivity index (χ2n) is 3.80. The highest BCUT2D eigenvalue weighted by Crippen LogP contribution is 2.29. The minimum atomic E-state index is 0.530. The third-order valence-corrected chi connectivity index (χ3v) is 3.30. The smallest absolute Gasteiger partial charge is 0.0586 e. The summed E-state index contributed by atoms with van der Waals surface area (Å²) in [7, 11) is 0. The molecular weight excluding hydrogens is 190 g/mol. The van der Waals surface area contributed by atoms with Crippen molar-refractivity contribution in [3.63, 3.8) is 0 Å². The Morgan fingerprint density at radius 2 is 2.00 bits per heavy atom. The van der Waals surface area contributed by atoms with Crippen LogP contribution in [0.15, 0.2) is 29.6 Å². The monoisotopic (exact) mass is 205 g/mol. The molecule has 2 heteroatoms. The maximum Gasteiger partial charge on any atom is 0.0586 e. The summed E-state index contributed by atoms with van der Waals surface area (Å²) >= 11 is 1.80. The van der Waals surface area contributed by atoms with Gasteiger partial charge in [-0.25, -0.2) is 0 Å². The molecule has 0 amide bonds. The van der Waals surface area contributed by atoms with Gasteiger partial charge in [-0.3, -0.25) is 0 Å². The summed E-state index contributed by atoms with van der Waals surface area (Å²) in [5.41, 5.74) is 2.68. The lowest BCUT2D eigenvalue weighted by Gasteiger charge is -2.14. The van der Waals surface area contributed by atoms with E-state index in [1.165, 1.54) is 16.3 Å². The van der Waals surface area contributed by atoms with E-state index < -0.39 is 0 Å². The predicted octanol–water partition coefficient (Wildman–Crippen LogP) is 4.11. The Balaban J connectivity index is 2.54. The van der Waals surface area contributed by atoms with E-state index in [4.69, 9.17) is 0 Å². The van der Waals surface area contributed by atoms with Crippen LogP contribution in [0.1, 0.15) is 25.6 Å². The van der Waals surface area contributed by atoms with Gasteiger partial charge in [0.2, 0.25) is 0 Å². The summed E-state index contributed by atoms with van der Waals surface area (Å²) in [6.45, 7) is 6.62. The van der Waals surface area contributed by atoms with Crippen molar-refractivity contribution in [2.75, 3.05) is 0 Å². The molecule has 74 valence electrons. The molecule has 1 nitrogen and oxygen atoms in total. The number of aromatic nitrogens is 1. The second-order valence-corrected chi connectivity index (χ2v) is 4.75. The van der Waals surface area contributed by atoms with Gasteiger partial charge in [-0.15, -0.1) is 11.3 Å². The van der Waals surface area contributed by atoms with Gasteiger partial charge >= 0.3 is 0 Å². The van der Waals surface area contributed by atoms with Crippen molar-refractivity contribution >= 4 is 11.3 Å². The standard InChI is InChI=1S/C12H15NS/c1-9(2)13-10(3)6-7-11(13)12-5-4-8-14-12/h4-9H,1-3H3. The van der Waals surface area contributed by atoms with E-state index in [0.29, 0.717) is 6.04 Å². The molecule has 0 saturated carbocycles. The topological polar surface area (TPSA) is 4.93 Å². The van der Waals surface area contributed by atoms with Crippen molar-refractivity contribution in [2.45, 2.75) is 26.8 Å². The van der Waals surface area contributed by atoms with Gasteiger partial charge in [-0.05, 0) is 44.4 Å². The molecule has 0 saturated heterocycles. The van der Waals surface area contributed by atoms with Crippen LogP contribution >= 0.6 is 11.3 Å². The highest BCUT2D eigenvalue weighted by molar-refractivity contribution is 7.13. The van der Waals surface area contributed by atoms with Crippen molar-refractivity contribution in [3.05, 3.63) is 35.3 Å². The van der Waals surface area contributed by atoms with E-state index in [2.05, 4.69) is 55.0 Å². The van der Waals surface area contributed by atoms with Gasteiger partial charge in [0.05, 0.1) is 10.6 Å². The highest BCUT2D eigenvalue weighted by atomic mass is 32.1. The van der Waals surface area contributed by atoms with Gasteiger partial charge in [0.25, 0.3) is 0 Å².